The van der Waals surface area contributed by atoms with E-state index in [0.29, 0.717) is 6.04 Å². The molecule has 0 aliphatic heterocycles. The maximum Gasteiger partial charge on any atom is 0.0769 e. The fourth-order valence-corrected chi connectivity index (χ4v) is 1.95. The lowest BCUT2D eigenvalue weighted by molar-refractivity contribution is 0.512. The van der Waals surface area contributed by atoms with Gasteiger partial charge in [0.2, 0.25) is 0 Å². The first-order valence-corrected chi connectivity index (χ1v) is 6.36. The molecule has 0 aliphatic carbocycles. The maximum atomic E-state index is 4.08. The molecule has 0 radical (unpaired) electrons. The molecule has 2 aromatic rings. The van der Waals surface area contributed by atoms with E-state index in [0.717, 1.165) is 18.7 Å². The Morgan fingerprint density at radius 3 is 2.56 bits per heavy atom. The molecule has 2 rings (SSSR count). The quantitative estimate of drug-likeness (QED) is 0.874. The number of hydrogen-bond donors (Lipinski definition) is 1. The van der Waals surface area contributed by atoms with E-state index >= 15 is 0 Å². The number of nitrogens with one attached hydrogen (secondary N) is 1. The van der Waals surface area contributed by atoms with E-state index in [1.807, 2.05) is 12.1 Å². The van der Waals surface area contributed by atoms with E-state index < -0.39 is 0 Å². The molecule has 1 atom stereocenters. The molecule has 1 aromatic carbocycles. The molecule has 0 amide bonds. The topological polar surface area (TPSA) is 37.8 Å². The van der Waals surface area contributed by atoms with Gasteiger partial charge >= 0.3 is 0 Å². The van der Waals surface area contributed by atoms with E-state index in [-0.39, 0.29) is 0 Å². The molecule has 18 heavy (non-hydrogen) atoms. The second-order valence-electron chi connectivity index (χ2n) is 4.47. The third-order valence-corrected chi connectivity index (χ3v) is 3.05. The zero-order valence-corrected chi connectivity index (χ0v) is 10.9. The fourth-order valence-electron chi connectivity index (χ4n) is 1.95. The summed E-state index contributed by atoms with van der Waals surface area (Å²) in [6, 6.07) is 13.0. The van der Waals surface area contributed by atoms with Crippen LogP contribution in [0.1, 0.15) is 36.2 Å². The Bertz CT molecular complexity index is 465. The van der Waals surface area contributed by atoms with E-state index in [4.69, 9.17) is 0 Å². The Morgan fingerprint density at radius 1 is 1.17 bits per heavy atom. The van der Waals surface area contributed by atoms with Crippen LogP contribution >= 0.6 is 0 Å². The lowest BCUT2D eigenvalue weighted by Crippen LogP contribution is -2.21. The molecule has 3 nitrogen and oxygen atoms in total. The molecule has 1 heterocycles. The largest absolute Gasteiger partial charge is 0.304 e. The van der Waals surface area contributed by atoms with Gasteiger partial charge in [0.25, 0.3) is 0 Å². The number of benzene rings is 1. The summed E-state index contributed by atoms with van der Waals surface area (Å²) in [5.74, 6) is 0. The van der Waals surface area contributed by atoms with Crippen molar-refractivity contribution in [3.63, 3.8) is 0 Å². The molecule has 3 heteroatoms. The predicted molar refractivity (Wildman–Crippen MR) is 73.1 cm³/mol. The van der Waals surface area contributed by atoms with Crippen LogP contribution in [0.2, 0.25) is 0 Å². The van der Waals surface area contributed by atoms with Crippen molar-refractivity contribution in [2.24, 2.45) is 0 Å². The highest BCUT2D eigenvalue weighted by Crippen LogP contribution is 2.17. The van der Waals surface area contributed by atoms with Crippen molar-refractivity contribution >= 4 is 0 Å². The SMILES string of the molecule is CCC(NCc1cccnn1)c1ccc(C)cc1. The van der Waals surface area contributed by atoms with Crippen LogP contribution in [0.25, 0.3) is 0 Å². The molecule has 0 saturated carbocycles. The molecule has 0 fully saturated rings. The summed E-state index contributed by atoms with van der Waals surface area (Å²) in [5, 5.41) is 11.5. The van der Waals surface area contributed by atoms with Crippen molar-refractivity contribution in [1.82, 2.24) is 15.5 Å². The number of aromatic nitrogens is 2. The molecule has 1 unspecified atom stereocenters. The van der Waals surface area contributed by atoms with E-state index in [1.165, 1.54) is 11.1 Å². The van der Waals surface area contributed by atoms with Gasteiger partial charge in [0.15, 0.2) is 0 Å². The third-order valence-electron chi connectivity index (χ3n) is 3.05. The lowest BCUT2D eigenvalue weighted by atomic mass is 10.0. The predicted octanol–water partition coefficient (Wildman–Crippen LogP) is 3.03. The Morgan fingerprint density at radius 2 is 1.94 bits per heavy atom. The molecule has 0 bridgehead atoms. The van der Waals surface area contributed by atoms with Gasteiger partial charge in [0.1, 0.15) is 0 Å². The Hall–Kier alpha value is -1.74. The third kappa shape index (κ3) is 3.37. The van der Waals surface area contributed by atoms with Gasteiger partial charge in [-0.1, -0.05) is 36.8 Å². The summed E-state index contributed by atoms with van der Waals surface area (Å²) in [6.45, 7) is 5.05. The highest BCUT2D eigenvalue weighted by atomic mass is 15.1. The van der Waals surface area contributed by atoms with Crippen LogP contribution < -0.4 is 5.32 Å². The normalized spacial score (nSPS) is 12.3. The average molecular weight is 241 g/mol. The monoisotopic (exact) mass is 241 g/mol. The van der Waals surface area contributed by atoms with Crippen molar-refractivity contribution in [2.75, 3.05) is 0 Å². The molecule has 1 aromatic heterocycles. The zero-order valence-electron chi connectivity index (χ0n) is 10.9. The molecule has 94 valence electrons. The van der Waals surface area contributed by atoms with Gasteiger partial charge in [-0.25, -0.2) is 0 Å². The van der Waals surface area contributed by atoms with Crippen LogP contribution in [0.15, 0.2) is 42.6 Å². The smallest absolute Gasteiger partial charge is 0.0769 e. The minimum absolute atomic E-state index is 0.368. The van der Waals surface area contributed by atoms with Crippen LogP contribution in [0.4, 0.5) is 0 Å². The van der Waals surface area contributed by atoms with E-state index in [2.05, 4.69) is 53.6 Å². The maximum absolute atomic E-state index is 4.08. The molecule has 0 aliphatic rings. The Kier molecular flexibility index (Phi) is 4.42. The van der Waals surface area contributed by atoms with E-state index in [9.17, 15) is 0 Å². The highest BCUT2D eigenvalue weighted by molar-refractivity contribution is 5.24. The van der Waals surface area contributed by atoms with Crippen molar-refractivity contribution in [2.45, 2.75) is 32.9 Å². The first-order chi connectivity index (χ1) is 8.79. The summed E-state index contributed by atoms with van der Waals surface area (Å²) in [7, 11) is 0. The number of hydrogen-bond acceptors (Lipinski definition) is 3. The molecule has 0 spiro atoms. The highest BCUT2D eigenvalue weighted by Gasteiger charge is 2.08. The lowest BCUT2D eigenvalue weighted by Gasteiger charge is -2.17. The van der Waals surface area contributed by atoms with Crippen molar-refractivity contribution < 1.29 is 0 Å². The van der Waals surface area contributed by atoms with Crippen LogP contribution in [0.5, 0.6) is 0 Å². The number of nitrogens with zero attached hydrogens (tertiary/aromatic N) is 2. The van der Waals surface area contributed by atoms with Crippen LogP contribution in [-0.2, 0) is 6.54 Å². The van der Waals surface area contributed by atoms with Gasteiger partial charge in [-0.2, -0.15) is 10.2 Å². The number of aryl methyl sites for hydroxylation is 1. The van der Waals surface area contributed by atoms with Crippen LogP contribution in [0, 0.1) is 6.92 Å². The van der Waals surface area contributed by atoms with Crippen molar-refractivity contribution in [1.29, 1.82) is 0 Å². The van der Waals surface area contributed by atoms with Gasteiger partial charge in [0.05, 0.1) is 5.69 Å². The summed E-state index contributed by atoms with van der Waals surface area (Å²) in [5.41, 5.74) is 3.59. The second kappa shape index (κ2) is 6.26. The second-order valence-corrected chi connectivity index (χ2v) is 4.47. The van der Waals surface area contributed by atoms with Crippen molar-refractivity contribution in [3.05, 3.63) is 59.4 Å². The first kappa shape index (κ1) is 12.7. The first-order valence-electron chi connectivity index (χ1n) is 6.36. The number of rotatable bonds is 5. The van der Waals surface area contributed by atoms with Gasteiger partial charge in [-0.15, -0.1) is 0 Å². The van der Waals surface area contributed by atoms with Gasteiger partial charge in [0, 0.05) is 18.8 Å². The molecule has 1 N–H and O–H groups in total. The van der Waals surface area contributed by atoms with Crippen LogP contribution in [0.3, 0.4) is 0 Å². The minimum Gasteiger partial charge on any atom is -0.304 e. The summed E-state index contributed by atoms with van der Waals surface area (Å²) in [4.78, 5) is 0. The summed E-state index contributed by atoms with van der Waals surface area (Å²) < 4.78 is 0. The summed E-state index contributed by atoms with van der Waals surface area (Å²) >= 11 is 0. The minimum atomic E-state index is 0.368. The van der Waals surface area contributed by atoms with Crippen molar-refractivity contribution in [3.8, 4) is 0 Å². The average Bonchev–Trinajstić information content (AvgIpc) is 2.42. The zero-order chi connectivity index (χ0) is 12.8. The van der Waals surface area contributed by atoms with Gasteiger partial charge in [-0.05, 0) is 31.0 Å². The summed E-state index contributed by atoms with van der Waals surface area (Å²) in [6.07, 6.45) is 2.75. The molecular weight excluding hydrogens is 222 g/mol. The molecular formula is C15H19N3. The van der Waals surface area contributed by atoms with E-state index in [1.54, 1.807) is 6.20 Å². The molecule has 0 saturated heterocycles. The standard InChI is InChI=1S/C15H19N3/c1-3-15(13-8-6-12(2)7-9-13)16-11-14-5-4-10-17-18-14/h4-10,15-16H,3,11H2,1-2H3. The fraction of sp³-hybridized carbons (Fsp3) is 0.333. The Labute approximate surface area is 108 Å². The van der Waals surface area contributed by atoms with Gasteiger partial charge in [-0.3, -0.25) is 0 Å². The van der Waals surface area contributed by atoms with Gasteiger partial charge < -0.3 is 5.32 Å². The van der Waals surface area contributed by atoms with Crippen LogP contribution in [-0.4, -0.2) is 10.2 Å². The Balaban J connectivity index is 1.99.